The molecule has 0 aliphatic rings. The Morgan fingerprint density at radius 1 is 1.20 bits per heavy atom. The number of carbonyl (C=O) groups excluding carboxylic acids is 1. The second-order valence-electron chi connectivity index (χ2n) is 7.26. The van der Waals surface area contributed by atoms with Crippen LogP contribution >= 0.6 is 11.3 Å². The third-order valence-electron chi connectivity index (χ3n) is 3.85. The summed E-state index contributed by atoms with van der Waals surface area (Å²) in [5.74, 6) is -0.334. The molecular weight excluding hydrogens is 338 g/mol. The van der Waals surface area contributed by atoms with Gasteiger partial charge in [-0.1, -0.05) is 20.3 Å². The number of nitrogens with one attached hydrogen (secondary N) is 1. The lowest BCUT2D eigenvalue weighted by Gasteiger charge is -2.21. The van der Waals surface area contributed by atoms with Gasteiger partial charge in [0.1, 0.15) is 11.4 Å². The fourth-order valence-corrected chi connectivity index (χ4v) is 3.78. The number of hydrogen-bond donors (Lipinski definition) is 1. The van der Waals surface area contributed by atoms with Crippen LogP contribution in [-0.2, 0) is 24.3 Å². The molecule has 2 rings (SSSR count). The summed E-state index contributed by atoms with van der Waals surface area (Å²) in [4.78, 5) is 39.7. The second-order valence-corrected chi connectivity index (χ2v) is 8.38. The van der Waals surface area contributed by atoms with Crippen LogP contribution in [0, 0.1) is 0 Å². The van der Waals surface area contributed by atoms with Gasteiger partial charge in [-0.15, -0.1) is 11.3 Å². The molecule has 0 saturated carbocycles. The number of aromatic nitrogens is 2. The van der Waals surface area contributed by atoms with E-state index in [1.807, 2.05) is 33.8 Å². The van der Waals surface area contributed by atoms with Gasteiger partial charge < -0.3 is 5.32 Å². The lowest BCUT2D eigenvalue weighted by Crippen LogP contribution is -2.47. The van der Waals surface area contributed by atoms with E-state index >= 15 is 0 Å². The van der Waals surface area contributed by atoms with Gasteiger partial charge >= 0.3 is 5.69 Å². The Morgan fingerprint density at radius 2 is 1.88 bits per heavy atom. The van der Waals surface area contributed by atoms with Crippen LogP contribution in [0.3, 0.4) is 0 Å². The van der Waals surface area contributed by atoms with Crippen molar-refractivity contribution in [1.29, 1.82) is 0 Å². The molecule has 138 valence electrons. The summed E-state index contributed by atoms with van der Waals surface area (Å²) in [6.07, 6.45) is 2.61. The number of carbonyl (C=O) groups is 1. The molecule has 0 bridgehead atoms. The maximum Gasteiger partial charge on any atom is 0.332 e. The Bertz CT molecular complexity index is 884. The minimum atomic E-state index is -0.413. The highest BCUT2D eigenvalue weighted by Crippen LogP contribution is 2.22. The van der Waals surface area contributed by atoms with E-state index in [0.29, 0.717) is 16.8 Å². The normalized spacial score (nSPS) is 11.9. The fourth-order valence-electron chi connectivity index (χ4n) is 2.68. The highest BCUT2D eigenvalue weighted by Gasteiger charge is 2.19. The van der Waals surface area contributed by atoms with Crippen LogP contribution in [0.4, 0.5) is 0 Å². The summed E-state index contributed by atoms with van der Waals surface area (Å²) in [5.41, 5.74) is -1.20. The standard InChI is InChI=1S/C18H27N3O3S/c1-6-8-9-20-16-13(10-12(7-2)25-16)15(23)21(17(20)24)11-14(22)19-18(3,4)5/h10H,6-9,11H2,1-5H3,(H,19,22). The third-order valence-corrected chi connectivity index (χ3v) is 5.15. The van der Waals surface area contributed by atoms with Gasteiger partial charge in [-0.3, -0.25) is 18.7 Å². The SMILES string of the molecule is CCCCn1c(=O)n(CC(=O)NC(C)(C)C)c(=O)c2cc(CC)sc21. The number of thiophene rings is 1. The van der Waals surface area contributed by atoms with Crippen LogP contribution in [0.5, 0.6) is 0 Å². The maximum atomic E-state index is 12.9. The highest BCUT2D eigenvalue weighted by molar-refractivity contribution is 7.18. The predicted molar refractivity (Wildman–Crippen MR) is 103 cm³/mol. The molecule has 0 radical (unpaired) electrons. The number of fused-ring (bicyclic) bond motifs is 1. The minimum absolute atomic E-state index is 0.256. The Labute approximate surface area is 151 Å². The second kappa shape index (κ2) is 7.56. The monoisotopic (exact) mass is 365 g/mol. The zero-order valence-electron chi connectivity index (χ0n) is 15.6. The molecule has 0 unspecified atom stereocenters. The molecule has 1 N–H and O–H groups in total. The quantitative estimate of drug-likeness (QED) is 0.855. The molecule has 0 fully saturated rings. The Kier molecular flexibility index (Phi) is 5.87. The first kappa shape index (κ1) is 19.4. The van der Waals surface area contributed by atoms with E-state index in [-0.39, 0.29) is 18.0 Å². The van der Waals surface area contributed by atoms with E-state index < -0.39 is 11.2 Å². The largest absolute Gasteiger partial charge is 0.350 e. The van der Waals surface area contributed by atoms with Crippen LogP contribution < -0.4 is 16.6 Å². The first-order valence-electron chi connectivity index (χ1n) is 8.75. The van der Waals surface area contributed by atoms with Crippen LogP contribution in [0.2, 0.25) is 0 Å². The first-order chi connectivity index (χ1) is 11.7. The molecule has 0 aromatic carbocycles. The van der Waals surface area contributed by atoms with Crippen LogP contribution in [-0.4, -0.2) is 20.6 Å². The van der Waals surface area contributed by atoms with Crippen LogP contribution in [0.15, 0.2) is 15.7 Å². The Balaban J connectivity index is 2.58. The lowest BCUT2D eigenvalue weighted by atomic mass is 10.1. The molecule has 2 aromatic rings. The van der Waals surface area contributed by atoms with E-state index in [1.165, 1.54) is 11.3 Å². The molecule has 2 heterocycles. The zero-order chi connectivity index (χ0) is 18.8. The Morgan fingerprint density at radius 3 is 2.44 bits per heavy atom. The van der Waals surface area contributed by atoms with E-state index in [4.69, 9.17) is 0 Å². The van der Waals surface area contributed by atoms with Crippen molar-refractivity contribution in [1.82, 2.24) is 14.5 Å². The van der Waals surface area contributed by atoms with E-state index in [1.54, 1.807) is 4.57 Å². The first-order valence-corrected chi connectivity index (χ1v) is 9.56. The van der Waals surface area contributed by atoms with Gasteiger partial charge in [-0.2, -0.15) is 0 Å². The van der Waals surface area contributed by atoms with Crippen molar-refractivity contribution >= 4 is 27.5 Å². The smallest absolute Gasteiger partial charge is 0.332 e. The molecule has 0 aliphatic heterocycles. The maximum absolute atomic E-state index is 12.9. The van der Waals surface area contributed by atoms with Crippen molar-refractivity contribution in [3.63, 3.8) is 0 Å². The van der Waals surface area contributed by atoms with Gasteiger partial charge in [0.05, 0.1) is 5.39 Å². The van der Waals surface area contributed by atoms with Crippen molar-refractivity contribution in [3.8, 4) is 0 Å². The number of amides is 1. The van der Waals surface area contributed by atoms with Gasteiger partial charge in [-0.25, -0.2) is 4.79 Å². The topological polar surface area (TPSA) is 73.1 Å². The summed E-state index contributed by atoms with van der Waals surface area (Å²) in [5, 5.41) is 3.33. The van der Waals surface area contributed by atoms with E-state index in [9.17, 15) is 14.4 Å². The number of rotatable bonds is 6. The average Bonchev–Trinajstić information content (AvgIpc) is 2.94. The molecule has 0 saturated heterocycles. The summed E-state index contributed by atoms with van der Waals surface area (Å²) in [6.45, 7) is 9.97. The number of hydrogen-bond acceptors (Lipinski definition) is 4. The van der Waals surface area contributed by atoms with Crippen molar-refractivity contribution in [2.75, 3.05) is 0 Å². The average molecular weight is 365 g/mol. The molecule has 2 aromatic heterocycles. The van der Waals surface area contributed by atoms with Crippen LogP contribution in [0.25, 0.3) is 10.2 Å². The number of aryl methyl sites for hydroxylation is 2. The van der Waals surface area contributed by atoms with Gasteiger partial charge in [0.15, 0.2) is 0 Å². The van der Waals surface area contributed by atoms with E-state index in [0.717, 1.165) is 28.7 Å². The molecular formula is C18H27N3O3S. The molecule has 25 heavy (non-hydrogen) atoms. The fraction of sp³-hybridized carbons (Fsp3) is 0.611. The summed E-state index contributed by atoms with van der Waals surface area (Å²) < 4.78 is 2.71. The van der Waals surface area contributed by atoms with Crippen molar-refractivity contribution in [3.05, 3.63) is 31.8 Å². The third kappa shape index (κ3) is 4.39. The van der Waals surface area contributed by atoms with Gasteiger partial charge in [0.25, 0.3) is 5.56 Å². The minimum Gasteiger partial charge on any atom is -0.350 e. The van der Waals surface area contributed by atoms with E-state index in [2.05, 4.69) is 12.2 Å². The highest BCUT2D eigenvalue weighted by atomic mass is 32.1. The molecule has 0 atom stereocenters. The Hall–Kier alpha value is -1.89. The molecule has 0 spiro atoms. The molecule has 7 heteroatoms. The van der Waals surface area contributed by atoms with Crippen molar-refractivity contribution in [2.24, 2.45) is 0 Å². The summed E-state index contributed by atoms with van der Waals surface area (Å²) >= 11 is 1.49. The number of nitrogens with zero attached hydrogens (tertiary/aromatic N) is 2. The van der Waals surface area contributed by atoms with Crippen LogP contribution in [0.1, 0.15) is 52.3 Å². The summed E-state index contributed by atoms with van der Waals surface area (Å²) in [7, 11) is 0. The molecule has 1 amide bonds. The zero-order valence-corrected chi connectivity index (χ0v) is 16.5. The molecule has 0 aliphatic carbocycles. The van der Waals surface area contributed by atoms with Gasteiger partial charge in [-0.05, 0) is 39.7 Å². The van der Waals surface area contributed by atoms with Crippen molar-refractivity contribution < 1.29 is 4.79 Å². The predicted octanol–water partition coefficient (Wildman–Crippen LogP) is 2.50. The molecule has 6 nitrogen and oxygen atoms in total. The van der Waals surface area contributed by atoms with Gasteiger partial charge in [0, 0.05) is 17.0 Å². The van der Waals surface area contributed by atoms with Crippen molar-refractivity contribution in [2.45, 2.75) is 72.5 Å². The summed E-state index contributed by atoms with van der Waals surface area (Å²) in [6, 6.07) is 1.85. The number of unbranched alkanes of at least 4 members (excludes halogenated alkanes) is 1. The van der Waals surface area contributed by atoms with Gasteiger partial charge in [0.2, 0.25) is 5.91 Å². The lowest BCUT2D eigenvalue weighted by molar-refractivity contribution is -0.123.